The normalized spacial score (nSPS) is 10.1. The van der Waals surface area contributed by atoms with Crippen LogP contribution in [0.25, 0.3) is 0 Å². The molecule has 0 atom stereocenters. The van der Waals surface area contributed by atoms with Crippen LogP contribution in [0, 0.1) is 35.3 Å². The van der Waals surface area contributed by atoms with Crippen LogP contribution in [0.1, 0.15) is 15.9 Å². The van der Waals surface area contributed by atoms with Gasteiger partial charge in [-0.25, -0.2) is 0 Å². The number of nitro benzene ring substituents is 3. The van der Waals surface area contributed by atoms with Crippen LogP contribution in [0.3, 0.4) is 0 Å². The van der Waals surface area contributed by atoms with Gasteiger partial charge in [0.2, 0.25) is 5.78 Å². The average Bonchev–Trinajstić information content (AvgIpc) is 2.59. The van der Waals surface area contributed by atoms with Gasteiger partial charge < -0.3 is 0 Å². The number of nitrogens with zero attached hydrogens (tertiary/aromatic N) is 4. The van der Waals surface area contributed by atoms with Gasteiger partial charge in [0.25, 0.3) is 17.1 Å². The van der Waals surface area contributed by atoms with Crippen LogP contribution in [0.15, 0.2) is 41.6 Å². The molecule has 0 amide bonds. The Hall–Kier alpha value is -4.09. The summed E-state index contributed by atoms with van der Waals surface area (Å²) in [5.41, 5.74) is -3.64. The van der Waals surface area contributed by atoms with Crippen LogP contribution < -0.4 is 0 Å². The molecule has 12 heteroatoms. The van der Waals surface area contributed by atoms with E-state index in [1.54, 1.807) is 0 Å². The van der Waals surface area contributed by atoms with Crippen LogP contribution in [-0.4, -0.2) is 20.6 Å². The molecule has 0 unspecified atom stereocenters. The second kappa shape index (κ2) is 6.57. The Morgan fingerprint density at radius 2 is 1.32 bits per heavy atom. The maximum atomic E-state index is 12.5. The van der Waals surface area contributed by atoms with Crippen LogP contribution in [0.2, 0.25) is 0 Å². The lowest BCUT2D eigenvalue weighted by molar-refractivity contribution is -0.394. The molecule has 2 aromatic carbocycles. The summed E-state index contributed by atoms with van der Waals surface area (Å²) in [6, 6.07) is 5.01. The predicted molar refractivity (Wildman–Crippen MR) is 81.7 cm³/mol. The minimum absolute atomic E-state index is 0.304. The van der Waals surface area contributed by atoms with Crippen molar-refractivity contribution in [1.82, 2.24) is 0 Å². The number of carbonyl (C=O) groups excluding carboxylic acids is 1. The standard InChI is InChI=1S/C13H6N4O8/c18-13(9-3-1-7(14-19)5-11(9)16(22)23)10-4-2-8(15(20)21)6-12(10)17(24)25/h1-6H. The fourth-order valence-electron chi connectivity index (χ4n) is 2.04. The molecule has 0 spiro atoms. The smallest absolute Gasteiger partial charge is 0.287 e. The molecule has 0 saturated heterocycles. The summed E-state index contributed by atoms with van der Waals surface area (Å²) >= 11 is 0. The number of hydrogen-bond donors (Lipinski definition) is 0. The number of hydrogen-bond acceptors (Lipinski definition) is 9. The summed E-state index contributed by atoms with van der Waals surface area (Å²) < 4.78 is 0. The van der Waals surface area contributed by atoms with E-state index in [-0.39, 0.29) is 5.69 Å². The monoisotopic (exact) mass is 346 g/mol. The fraction of sp³-hybridized carbons (Fsp3) is 0. The van der Waals surface area contributed by atoms with E-state index in [1.807, 2.05) is 0 Å². The van der Waals surface area contributed by atoms with Gasteiger partial charge in [0, 0.05) is 12.1 Å². The van der Waals surface area contributed by atoms with E-state index in [0.29, 0.717) is 6.07 Å². The van der Waals surface area contributed by atoms with Gasteiger partial charge in [-0.15, -0.1) is 4.91 Å². The topological polar surface area (TPSA) is 176 Å². The highest BCUT2D eigenvalue weighted by Crippen LogP contribution is 2.31. The first kappa shape index (κ1) is 17.3. The zero-order chi connectivity index (χ0) is 18.7. The molecule has 0 aliphatic heterocycles. The molecule has 0 bridgehead atoms. The second-order valence-corrected chi connectivity index (χ2v) is 4.59. The Labute approximate surface area is 137 Å². The molecule has 0 N–H and O–H groups in total. The van der Waals surface area contributed by atoms with E-state index in [1.165, 1.54) is 0 Å². The summed E-state index contributed by atoms with van der Waals surface area (Å²) in [4.78, 5) is 53.0. The van der Waals surface area contributed by atoms with Gasteiger partial charge in [0.05, 0.1) is 20.8 Å². The van der Waals surface area contributed by atoms with Crippen LogP contribution in [-0.2, 0) is 0 Å². The first-order valence-corrected chi connectivity index (χ1v) is 6.35. The number of benzene rings is 2. The van der Waals surface area contributed by atoms with E-state index in [9.17, 15) is 40.0 Å². The number of ketones is 1. The number of nitro groups is 3. The Balaban J connectivity index is 2.66. The van der Waals surface area contributed by atoms with Gasteiger partial charge in [-0.05, 0) is 23.4 Å². The third-order valence-corrected chi connectivity index (χ3v) is 3.16. The number of non-ortho nitro benzene ring substituents is 1. The lowest BCUT2D eigenvalue weighted by atomic mass is 9.99. The predicted octanol–water partition coefficient (Wildman–Crippen LogP) is 3.04. The first-order chi connectivity index (χ1) is 11.8. The molecule has 0 aromatic heterocycles. The van der Waals surface area contributed by atoms with Crippen molar-refractivity contribution >= 4 is 28.5 Å². The molecule has 126 valence electrons. The van der Waals surface area contributed by atoms with E-state index in [0.717, 1.165) is 30.3 Å². The Kier molecular flexibility index (Phi) is 4.54. The molecule has 0 heterocycles. The van der Waals surface area contributed by atoms with Crippen molar-refractivity contribution in [2.45, 2.75) is 0 Å². The van der Waals surface area contributed by atoms with Gasteiger partial charge in [-0.3, -0.25) is 35.1 Å². The quantitative estimate of drug-likeness (QED) is 0.331. The van der Waals surface area contributed by atoms with Gasteiger partial charge in [0.15, 0.2) is 0 Å². The Bertz CT molecular complexity index is 940. The number of rotatable bonds is 6. The molecule has 12 nitrogen and oxygen atoms in total. The molecule has 0 radical (unpaired) electrons. The third kappa shape index (κ3) is 3.31. The largest absolute Gasteiger partial charge is 0.288 e. The zero-order valence-electron chi connectivity index (χ0n) is 12.0. The Morgan fingerprint density at radius 1 is 0.800 bits per heavy atom. The second-order valence-electron chi connectivity index (χ2n) is 4.59. The lowest BCUT2D eigenvalue weighted by Gasteiger charge is -2.04. The molecule has 0 saturated carbocycles. The highest BCUT2D eigenvalue weighted by Gasteiger charge is 2.29. The molecule has 25 heavy (non-hydrogen) atoms. The van der Waals surface area contributed by atoms with Crippen LogP contribution >= 0.6 is 0 Å². The molecular formula is C13H6N4O8. The van der Waals surface area contributed by atoms with Gasteiger partial charge in [-0.1, -0.05) is 0 Å². The highest BCUT2D eigenvalue weighted by molar-refractivity contribution is 6.14. The van der Waals surface area contributed by atoms with E-state index in [2.05, 4.69) is 5.18 Å². The van der Waals surface area contributed by atoms with Crippen molar-refractivity contribution in [1.29, 1.82) is 0 Å². The highest BCUT2D eigenvalue weighted by atomic mass is 16.6. The van der Waals surface area contributed by atoms with Crippen molar-refractivity contribution in [3.05, 3.63) is 82.8 Å². The summed E-state index contributed by atoms with van der Waals surface area (Å²) in [6.45, 7) is 0. The summed E-state index contributed by atoms with van der Waals surface area (Å²) in [7, 11) is 0. The molecule has 0 fully saturated rings. The van der Waals surface area contributed by atoms with Crippen LogP contribution in [0.4, 0.5) is 22.7 Å². The molecule has 2 aromatic rings. The van der Waals surface area contributed by atoms with Crippen molar-refractivity contribution < 1.29 is 19.6 Å². The van der Waals surface area contributed by atoms with Crippen molar-refractivity contribution in [2.75, 3.05) is 0 Å². The van der Waals surface area contributed by atoms with Crippen molar-refractivity contribution in [3.8, 4) is 0 Å². The lowest BCUT2D eigenvalue weighted by Crippen LogP contribution is -2.08. The van der Waals surface area contributed by atoms with Gasteiger partial charge >= 0.3 is 0 Å². The SMILES string of the molecule is O=Nc1ccc(C(=O)c2ccc([N+](=O)[O-])cc2[N+](=O)[O-])c([N+](=O)[O-])c1. The molecule has 0 aliphatic carbocycles. The maximum Gasteiger partial charge on any atom is 0.287 e. The first-order valence-electron chi connectivity index (χ1n) is 6.35. The summed E-state index contributed by atoms with van der Waals surface area (Å²) in [6.07, 6.45) is 0. The van der Waals surface area contributed by atoms with Gasteiger partial charge in [-0.2, -0.15) is 0 Å². The van der Waals surface area contributed by atoms with Gasteiger partial charge in [0.1, 0.15) is 16.8 Å². The molecular weight excluding hydrogens is 340 g/mol. The molecule has 2 rings (SSSR count). The van der Waals surface area contributed by atoms with E-state index >= 15 is 0 Å². The minimum atomic E-state index is -1.09. The number of carbonyl (C=O) groups is 1. The summed E-state index contributed by atoms with van der Waals surface area (Å²) in [5.74, 6) is -1.09. The van der Waals surface area contributed by atoms with Crippen molar-refractivity contribution in [2.24, 2.45) is 5.18 Å². The van der Waals surface area contributed by atoms with E-state index in [4.69, 9.17) is 0 Å². The Morgan fingerprint density at radius 3 is 1.80 bits per heavy atom. The number of nitroso groups, excluding NO2 is 1. The minimum Gasteiger partial charge on any atom is -0.288 e. The zero-order valence-corrected chi connectivity index (χ0v) is 12.0. The maximum absolute atomic E-state index is 12.5. The summed E-state index contributed by atoms with van der Waals surface area (Å²) in [5, 5.41) is 35.4. The third-order valence-electron chi connectivity index (χ3n) is 3.16. The van der Waals surface area contributed by atoms with Crippen molar-refractivity contribution in [3.63, 3.8) is 0 Å². The molecule has 0 aliphatic rings. The fourth-order valence-corrected chi connectivity index (χ4v) is 2.04. The average molecular weight is 346 g/mol. The van der Waals surface area contributed by atoms with E-state index < -0.39 is 48.7 Å². The van der Waals surface area contributed by atoms with Crippen LogP contribution in [0.5, 0.6) is 0 Å².